The number of benzene rings is 1. The van der Waals surface area contributed by atoms with Crippen molar-refractivity contribution in [1.82, 2.24) is 4.98 Å². The molecule has 3 atom stereocenters. The van der Waals surface area contributed by atoms with Crippen molar-refractivity contribution < 1.29 is 31.4 Å². The summed E-state index contributed by atoms with van der Waals surface area (Å²) in [5, 5.41) is 9.35. The highest BCUT2D eigenvalue weighted by molar-refractivity contribution is 5.86. The van der Waals surface area contributed by atoms with E-state index in [1.165, 1.54) is 17.0 Å². The number of aromatic nitrogens is 1. The first-order valence-electron chi connectivity index (χ1n) is 8.13. The number of nitrogens with one attached hydrogen (secondary N) is 1. The van der Waals surface area contributed by atoms with Crippen LogP contribution in [-0.2, 0) is 6.18 Å². The Morgan fingerprint density at radius 3 is 2.44 bits per heavy atom. The van der Waals surface area contributed by atoms with Gasteiger partial charge in [0.05, 0.1) is 11.6 Å². The van der Waals surface area contributed by atoms with E-state index >= 15 is 0 Å². The summed E-state index contributed by atoms with van der Waals surface area (Å²) in [5.74, 6) is -0.180. The van der Waals surface area contributed by atoms with Crippen LogP contribution in [0.2, 0.25) is 0 Å². The number of aliphatic hydroxyl groups excluding tert-OH is 1. The van der Waals surface area contributed by atoms with Gasteiger partial charge in [-0.05, 0) is 30.5 Å². The Labute approximate surface area is 149 Å². The van der Waals surface area contributed by atoms with Crippen LogP contribution >= 0.6 is 0 Å². The monoisotopic (exact) mass is 394 g/mol. The molecule has 2 N–H and O–H groups in total. The van der Waals surface area contributed by atoms with E-state index in [0.29, 0.717) is 6.07 Å². The smallest absolute Gasteiger partial charge is 0.382 e. The molecule has 1 aliphatic heterocycles. The van der Waals surface area contributed by atoms with Crippen molar-refractivity contribution in [2.45, 2.75) is 37.8 Å². The molecule has 148 valence electrons. The first-order chi connectivity index (χ1) is 12.4. The van der Waals surface area contributed by atoms with Crippen LogP contribution in [0.15, 0.2) is 29.1 Å². The average molecular weight is 394 g/mol. The lowest BCUT2D eigenvalue weighted by Gasteiger charge is -2.31. The molecular formula is C17H16F6N2O2. The fourth-order valence-corrected chi connectivity index (χ4v) is 3.55. The Morgan fingerprint density at radius 1 is 1.19 bits per heavy atom. The van der Waals surface area contributed by atoms with Crippen molar-refractivity contribution in [3.63, 3.8) is 0 Å². The van der Waals surface area contributed by atoms with Gasteiger partial charge in [-0.3, -0.25) is 4.79 Å². The van der Waals surface area contributed by atoms with Crippen LogP contribution in [0, 0.1) is 5.92 Å². The third kappa shape index (κ3) is 3.76. The second-order valence-corrected chi connectivity index (χ2v) is 6.82. The van der Waals surface area contributed by atoms with Gasteiger partial charge in [0, 0.05) is 29.2 Å². The van der Waals surface area contributed by atoms with E-state index in [0.717, 1.165) is 6.07 Å². The maximum Gasteiger partial charge on any atom is 0.417 e. The predicted octanol–water partition coefficient (Wildman–Crippen LogP) is 3.68. The quantitative estimate of drug-likeness (QED) is 0.764. The predicted molar refractivity (Wildman–Crippen MR) is 86.5 cm³/mol. The largest absolute Gasteiger partial charge is 0.417 e. The maximum atomic E-state index is 13.3. The van der Waals surface area contributed by atoms with Crippen LogP contribution in [0.4, 0.5) is 32.0 Å². The molecule has 0 aliphatic carbocycles. The molecule has 0 saturated carbocycles. The molecule has 1 aliphatic rings. The zero-order valence-corrected chi connectivity index (χ0v) is 14.0. The number of halogens is 6. The molecule has 4 nitrogen and oxygen atoms in total. The molecule has 0 spiro atoms. The minimum atomic E-state index is -4.84. The summed E-state index contributed by atoms with van der Waals surface area (Å²) in [5.41, 5.74) is -2.04. The topological polar surface area (TPSA) is 56.3 Å². The van der Waals surface area contributed by atoms with Crippen molar-refractivity contribution in [1.29, 1.82) is 0 Å². The molecule has 0 bridgehead atoms. The lowest BCUT2D eigenvalue weighted by Crippen LogP contribution is -2.47. The minimum Gasteiger partial charge on any atom is -0.382 e. The van der Waals surface area contributed by atoms with Gasteiger partial charge in [-0.1, -0.05) is 6.92 Å². The van der Waals surface area contributed by atoms with E-state index in [1.54, 1.807) is 6.92 Å². The molecule has 1 fully saturated rings. The normalized spacial score (nSPS) is 22.4. The van der Waals surface area contributed by atoms with Crippen LogP contribution in [0.25, 0.3) is 10.9 Å². The zero-order chi connectivity index (χ0) is 20.1. The van der Waals surface area contributed by atoms with Crippen LogP contribution in [0.1, 0.15) is 18.9 Å². The van der Waals surface area contributed by atoms with Gasteiger partial charge in [0.1, 0.15) is 0 Å². The molecule has 1 aromatic heterocycles. The third-order valence-electron chi connectivity index (χ3n) is 4.72. The molecule has 1 saturated heterocycles. The summed E-state index contributed by atoms with van der Waals surface area (Å²) >= 11 is 0. The van der Waals surface area contributed by atoms with Crippen molar-refractivity contribution in [2.24, 2.45) is 5.92 Å². The summed E-state index contributed by atoms with van der Waals surface area (Å²) in [6, 6.07) is 2.78. The van der Waals surface area contributed by atoms with Crippen LogP contribution in [-0.4, -0.2) is 35.0 Å². The molecule has 2 aromatic rings. The fraction of sp³-hybridized carbons (Fsp3) is 0.471. The van der Waals surface area contributed by atoms with Gasteiger partial charge in [0.25, 0.3) is 0 Å². The van der Waals surface area contributed by atoms with E-state index in [-0.39, 0.29) is 35.5 Å². The molecule has 1 aromatic carbocycles. The number of hydrogen-bond donors (Lipinski definition) is 2. The molecule has 3 rings (SSSR count). The molecule has 27 heavy (non-hydrogen) atoms. The maximum absolute atomic E-state index is 13.3. The van der Waals surface area contributed by atoms with Gasteiger partial charge in [-0.2, -0.15) is 26.3 Å². The van der Waals surface area contributed by atoms with Crippen LogP contribution < -0.4 is 10.5 Å². The number of rotatable bonds is 2. The van der Waals surface area contributed by atoms with Gasteiger partial charge in [0.15, 0.2) is 6.10 Å². The number of nitrogens with zero attached hydrogens (tertiary/aromatic N) is 1. The number of pyridine rings is 1. The van der Waals surface area contributed by atoms with Crippen molar-refractivity contribution in [3.05, 3.63) is 40.2 Å². The second-order valence-electron chi connectivity index (χ2n) is 6.82. The van der Waals surface area contributed by atoms with Gasteiger partial charge >= 0.3 is 12.4 Å². The number of hydrogen-bond acceptors (Lipinski definition) is 3. The molecule has 2 heterocycles. The van der Waals surface area contributed by atoms with Crippen molar-refractivity contribution >= 4 is 16.6 Å². The first-order valence-corrected chi connectivity index (χ1v) is 8.13. The Bertz CT molecular complexity index is 905. The summed E-state index contributed by atoms with van der Waals surface area (Å²) in [4.78, 5) is 15.0. The SMILES string of the molecule is CC1CC([C@@H](O)C(F)(F)F)N(c2ccc3[nH]c(=O)cc(C(F)(F)F)c3c2)C1. The minimum absolute atomic E-state index is 0.0520. The summed E-state index contributed by atoms with van der Waals surface area (Å²) in [6.45, 7) is 1.86. The van der Waals surface area contributed by atoms with E-state index in [4.69, 9.17) is 0 Å². The number of H-pyrrole nitrogens is 1. The van der Waals surface area contributed by atoms with E-state index in [2.05, 4.69) is 4.98 Å². The fourth-order valence-electron chi connectivity index (χ4n) is 3.55. The third-order valence-corrected chi connectivity index (χ3v) is 4.72. The van der Waals surface area contributed by atoms with Gasteiger partial charge in [0.2, 0.25) is 5.56 Å². The van der Waals surface area contributed by atoms with Gasteiger partial charge in [-0.25, -0.2) is 0 Å². The highest BCUT2D eigenvalue weighted by Gasteiger charge is 2.48. The van der Waals surface area contributed by atoms with E-state index in [9.17, 15) is 36.2 Å². The highest BCUT2D eigenvalue weighted by atomic mass is 19.4. The summed E-state index contributed by atoms with van der Waals surface area (Å²) in [6.07, 6.45) is -12.2. The van der Waals surface area contributed by atoms with Crippen LogP contribution in [0.5, 0.6) is 0 Å². The molecular weight excluding hydrogens is 378 g/mol. The van der Waals surface area contributed by atoms with Gasteiger partial charge in [-0.15, -0.1) is 0 Å². The number of aromatic amines is 1. The molecule has 0 amide bonds. The highest BCUT2D eigenvalue weighted by Crippen LogP contribution is 2.39. The number of alkyl halides is 6. The van der Waals surface area contributed by atoms with E-state index < -0.39 is 35.6 Å². The zero-order valence-electron chi connectivity index (χ0n) is 14.0. The standard InChI is InChI=1S/C17H16F6N2O2/c1-8-4-13(15(27)17(21,22)23)25(7-8)9-2-3-12-10(5-9)11(16(18,19)20)6-14(26)24-12/h2-3,5-6,8,13,15,27H,4,7H2,1H3,(H,24,26)/t8?,13?,15-/m1/s1. The average Bonchev–Trinajstić information content (AvgIpc) is 2.92. The second kappa shape index (κ2) is 6.43. The summed E-state index contributed by atoms with van der Waals surface area (Å²) in [7, 11) is 0. The van der Waals surface area contributed by atoms with Crippen molar-refractivity contribution in [3.8, 4) is 0 Å². The number of anilines is 1. The Balaban J connectivity index is 2.11. The molecule has 0 radical (unpaired) electrons. The lowest BCUT2D eigenvalue weighted by atomic mass is 10.0. The summed E-state index contributed by atoms with van der Waals surface area (Å²) < 4.78 is 78.7. The lowest BCUT2D eigenvalue weighted by molar-refractivity contribution is -0.209. The van der Waals surface area contributed by atoms with Crippen LogP contribution in [0.3, 0.4) is 0 Å². The Hall–Kier alpha value is -2.23. The Morgan fingerprint density at radius 2 is 1.85 bits per heavy atom. The number of aliphatic hydroxyl groups is 1. The first kappa shape index (κ1) is 19.5. The Kier molecular flexibility index (Phi) is 4.65. The molecule has 10 heteroatoms. The van der Waals surface area contributed by atoms with E-state index in [1.807, 2.05) is 0 Å². The van der Waals surface area contributed by atoms with Crippen molar-refractivity contribution in [2.75, 3.05) is 11.4 Å². The number of fused-ring (bicyclic) bond motifs is 1. The van der Waals surface area contributed by atoms with Gasteiger partial charge < -0.3 is 15.0 Å². The molecule has 2 unspecified atom stereocenters.